The molecule has 4 aromatic rings. The molecule has 152 valence electrons. The molecule has 4 rings (SSSR count). The van der Waals surface area contributed by atoms with Crippen molar-refractivity contribution < 1.29 is 0 Å². The number of aryl methyl sites for hydroxylation is 2. The molecular formula is C20H20N8O2. The maximum Gasteiger partial charge on any atom is 0.291 e. The number of fused-ring (bicyclic) bond motifs is 3. The lowest BCUT2D eigenvalue weighted by molar-refractivity contribution is 0.629. The maximum atomic E-state index is 13.1. The Morgan fingerprint density at radius 3 is 2.37 bits per heavy atom. The molecule has 0 amide bonds. The second-order valence-electron chi connectivity index (χ2n) is 6.98. The molecule has 0 saturated carbocycles. The lowest BCUT2D eigenvalue weighted by atomic mass is 10.2. The highest BCUT2D eigenvalue weighted by Gasteiger charge is 2.18. The number of rotatable bonds is 5. The fourth-order valence-electron chi connectivity index (χ4n) is 3.51. The summed E-state index contributed by atoms with van der Waals surface area (Å²) >= 11 is 0. The van der Waals surface area contributed by atoms with E-state index >= 15 is 0 Å². The summed E-state index contributed by atoms with van der Waals surface area (Å²) in [5.41, 5.74) is 7.73. The molecule has 10 nitrogen and oxygen atoms in total. The van der Waals surface area contributed by atoms with E-state index in [9.17, 15) is 9.59 Å². The molecule has 10 heteroatoms. The van der Waals surface area contributed by atoms with Crippen LogP contribution in [-0.4, -0.2) is 35.3 Å². The van der Waals surface area contributed by atoms with Gasteiger partial charge >= 0.3 is 0 Å². The highest BCUT2D eigenvalue weighted by atomic mass is 16.1. The predicted octanol–water partition coefficient (Wildman–Crippen LogP) is 0.689. The van der Waals surface area contributed by atoms with Gasteiger partial charge in [0.1, 0.15) is 11.0 Å². The number of nitrogens with two attached hydrogens (primary N) is 1. The highest BCUT2D eigenvalue weighted by molar-refractivity contribution is 6.06. The van der Waals surface area contributed by atoms with E-state index in [1.807, 2.05) is 25.1 Å². The zero-order valence-electron chi connectivity index (χ0n) is 16.5. The molecule has 30 heavy (non-hydrogen) atoms. The average Bonchev–Trinajstić information content (AvgIpc) is 3.00. The Labute approximate surface area is 170 Å². The molecule has 0 fully saturated rings. The van der Waals surface area contributed by atoms with Gasteiger partial charge in [-0.05, 0) is 25.1 Å². The van der Waals surface area contributed by atoms with E-state index < -0.39 is 0 Å². The first kappa shape index (κ1) is 19.2. The van der Waals surface area contributed by atoms with Gasteiger partial charge in [-0.15, -0.1) is 0 Å². The molecule has 0 aromatic carbocycles. The molecule has 0 aliphatic heterocycles. The zero-order chi connectivity index (χ0) is 21.4. The van der Waals surface area contributed by atoms with Crippen LogP contribution in [0.25, 0.3) is 21.8 Å². The third kappa shape index (κ3) is 3.17. The fraction of sp³-hybridized carbons (Fsp3) is 0.200. The Bertz CT molecular complexity index is 1440. The summed E-state index contributed by atoms with van der Waals surface area (Å²) in [6.45, 7) is 2.16. The quantitative estimate of drug-likeness (QED) is 0.470. The van der Waals surface area contributed by atoms with Gasteiger partial charge < -0.3 is 15.7 Å². The normalized spacial score (nSPS) is 12.0. The van der Waals surface area contributed by atoms with Gasteiger partial charge in [0, 0.05) is 35.4 Å². The van der Waals surface area contributed by atoms with Gasteiger partial charge in [0.2, 0.25) is 0 Å². The minimum atomic E-state index is -0.376. The molecule has 0 aliphatic carbocycles. The van der Waals surface area contributed by atoms with E-state index in [1.165, 1.54) is 21.6 Å². The number of allylic oxidation sites excluding steroid dienone is 2. The molecular weight excluding hydrogens is 384 g/mol. The monoisotopic (exact) mass is 404 g/mol. The first-order valence-corrected chi connectivity index (χ1v) is 9.22. The van der Waals surface area contributed by atoms with Crippen LogP contribution in [-0.2, 0) is 20.1 Å². The van der Waals surface area contributed by atoms with E-state index in [0.717, 1.165) is 17.6 Å². The van der Waals surface area contributed by atoms with Crippen molar-refractivity contribution in [1.29, 1.82) is 5.41 Å². The molecule has 4 aromatic heterocycles. The van der Waals surface area contributed by atoms with Crippen molar-refractivity contribution in [3.63, 3.8) is 0 Å². The third-order valence-electron chi connectivity index (χ3n) is 4.89. The second kappa shape index (κ2) is 7.39. The number of nitrogens with one attached hydrogen (secondary N) is 1. The second-order valence-corrected chi connectivity index (χ2v) is 6.98. The molecule has 0 bridgehead atoms. The van der Waals surface area contributed by atoms with Crippen LogP contribution in [0.15, 0.2) is 52.0 Å². The van der Waals surface area contributed by atoms with Crippen LogP contribution in [0.3, 0.4) is 0 Å². The van der Waals surface area contributed by atoms with E-state index in [-0.39, 0.29) is 24.2 Å². The fourth-order valence-corrected chi connectivity index (χ4v) is 3.51. The van der Waals surface area contributed by atoms with Crippen LogP contribution < -0.4 is 16.9 Å². The van der Waals surface area contributed by atoms with Gasteiger partial charge in [-0.2, -0.15) is 10.2 Å². The SMILES string of the molecule is Cc1cccc(Cn2ncc3c4cnn(C/C(N)=C/C=N)c(=O)c4n(C)c3c2=O)n1. The summed E-state index contributed by atoms with van der Waals surface area (Å²) in [5, 5.41) is 16.6. The van der Waals surface area contributed by atoms with Gasteiger partial charge in [0.05, 0.1) is 31.2 Å². The van der Waals surface area contributed by atoms with Crippen molar-refractivity contribution in [3.8, 4) is 0 Å². The first-order valence-electron chi connectivity index (χ1n) is 9.22. The van der Waals surface area contributed by atoms with E-state index in [2.05, 4.69) is 15.2 Å². The van der Waals surface area contributed by atoms with Gasteiger partial charge in [0.15, 0.2) is 0 Å². The Balaban J connectivity index is 1.88. The molecule has 3 N–H and O–H groups in total. The first-order chi connectivity index (χ1) is 14.4. The maximum absolute atomic E-state index is 13.1. The Kier molecular flexibility index (Phi) is 4.74. The number of nitrogens with zero attached hydrogens (tertiary/aromatic N) is 6. The third-order valence-corrected chi connectivity index (χ3v) is 4.89. The van der Waals surface area contributed by atoms with Crippen LogP contribution in [0.1, 0.15) is 11.4 Å². The number of hydrogen-bond donors (Lipinski definition) is 2. The van der Waals surface area contributed by atoms with Crippen molar-refractivity contribution in [2.45, 2.75) is 20.0 Å². The van der Waals surface area contributed by atoms with Crippen molar-refractivity contribution in [2.75, 3.05) is 0 Å². The van der Waals surface area contributed by atoms with Crippen molar-refractivity contribution >= 4 is 28.0 Å². The molecule has 0 aliphatic rings. The molecule has 0 radical (unpaired) electrons. The van der Waals surface area contributed by atoms with Gasteiger partial charge in [-0.25, -0.2) is 9.36 Å². The highest BCUT2D eigenvalue weighted by Crippen LogP contribution is 2.22. The summed E-state index contributed by atoms with van der Waals surface area (Å²) in [5.74, 6) is 0. The summed E-state index contributed by atoms with van der Waals surface area (Å²) in [4.78, 5) is 30.5. The standard InChI is InChI=1S/C20H20N8O2/c1-12-4-3-5-14(25-12)11-28-20(30)18-16(9-24-28)15-8-23-27(10-13(22)6-7-21)19(29)17(15)26(18)2/h3-9,21H,10-11,22H2,1-2H3/b13-6-,21-7?. The van der Waals surface area contributed by atoms with Crippen molar-refractivity contribution in [1.82, 2.24) is 29.1 Å². The Hall–Kier alpha value is -4.08. The summed E-state index contributed by atoms with van der Waals surface area (Å²) in [6, 6.07) is 5.60. The average molecular weight is 404 g/mol. The van der Waals surface area contributed by atoms with Gasteiger partial charge in [-0.1, -0.05) is 6.07 Å². The number of pyridine rings is 1. The van der Waals surface area contributed by atoms with Crippen LogP contribution in [0.2, 0.25) is 0 Å². The topological polar surface area (TPSA) is 137 Å². The number of aromatic nitrogens is 6. The summed E-state index contributed by atoms with van der Waals surface area (Å²) < 4.78 is 4.12. The summed E-state index contributed by atoms with van der Waals surface area (Å²) in [6.07, 6.45) is 5.54. The van der Waals surface area contributed by atoms with Crippen molar-refractivity contribution in [2.24, 2.45) is 12.8 Å². The van der Waals surface area contributed by atoms with E-state index in [1.54, 1.807) is 17.8 Å². The molecule has 0 saturated heterocycles. The Morgan fingerprint density at radius 2 is 1.73 bits per heavy atom. The molecule has 0 unspecified atom stereocenters. The smallest absolute Gasteiger partial charge is 0.291 e. The minimum absolute atomic E-state index is 0.0488. The minimum Gasteiger partial charge on any atom is -0.400 e. The molecule has 0 spiro atoms. The Morgan fingerprint density at radius 1 is 1.10 bits per heavy atom. The van der Waals surface area contributed by atoms with Crippen molar-refractivity contribution in [3.05, 3.63) is 74.5 Å². The van der Waals surface area contributed by atoms with Crippen LogP contribution in [0.5, 0.6) is 0 Å². The van der Waals surface area contributed by atoms with E-state index in [4.69, 9.17) is 11.1 Å². The number of hydrogen-bond acceptors (Lipinski definition) is 7. The van der Waals surface area contributed by atoms with Crippen LogP contribution in [0.4, 0.5) is 0 Å². The predicted molar refractivity (Wildman–Crippen MR) is 114 cm³/mol. The van der Waals surface area contributed by atoms with Gasteiger partial charge in [0.25, 0.3) is 11.1 Å². The van der Waals surface area contributed by atoms with Crippen LogP contribution >= 0.6 is 0 Å². The lowest BCUT2D eigenvalue weighted by Gasteiger charge is -2.06. The summed E-state index contributed by atoms with van der Waals surface area (Å²) in [7, 11) is 1.67. The molecule has 4 heterocycles. The molecule has 0 atom stereocenters. The van der Waals surface area contributed by atoms with Gasteiger partial charge in [-0.3, -0.25) is 14.6 Å². The lowest BCUT2D eigenvalue weighted by Crippen LogP contribution is -2.27. The van der Waals surface area contributed by atoms with Crippen LogP contribution in [0, 0.1) is 12.3 Å². The van der Waals surface area contributed by atoms with E-state index in [0.29, 0.717) is 27.5 Å². The zero-order valence-corrected chi connectivity index (χ0v) is 16.5. The largest absolute Gasteiger partial charge is 0.400 e.